The van der Waals surface area contributed by atoms with Gasteiger partial charge in [0.2, 0.25) is 0 Å². The Labute approximate surface area is 256 Å². The summed E-state index contributed by atoms with van der Waals surface area (Å²) < 4.78 is 50.1. The van der Waals surface area contributed by atoms with Crippen LogP contribution in [-0.4, -0.2) is 123 Å². The number of rotatable bonds is 35. The molecule has 40 heavy (non-hydrogen) atoms. The third kappa shape index (κ3) is 35.9. The van der Waals surface area contributed by atoms with Crippen molar-refractivity contribution < 1.29 is 47.4 Å². The summed E-state index contributed by atoms with van der Waals surface area (Å²) in [5.74, 6) is -0.146. The van der Waals surface area contributed by atoms with E-state index in [9.17, 15) is 4.79 Å². The van der Waals surface area contributed by atoms with Crippen molar-refractivity contribution >= 4 is 28.6 Å². The van der Waals surface area contributed by atoms with Gasteiger partial charge in [0.25, 0.3) is 0 Å². The number of unbranched alkanes of at least 4 members (excludes halogenated alkanes) is 6. The first kappa shape index (κ1) is 39.9. The second kappa shape index (κ2) is 36.9. The summed E-state index contributed by atoms with van der Waals surface area (Å²) in [5.41, 5.74) is 0. The maximum Gasteiger partial charge on any atom is 0.305 e. The van der Waals surface area contributed by atoms with Gasteiger partial charge in [-0.1, -0.05) is 61.6 Å². The molecule has 0 bridgehead atoms. The highest BCUT2D eigenvalue weighted by Crippen LogP contribution is 2.03. The third-order valence-electron chi connectivity index (χ3n) is 5.50. The summed E-state index contributed by atoms with van der Waals surface area (Å²) in [6.45, 7) is 11.1. The van der Waals surface area contributed by atoms with Gasteiger partial charge in [0.15, 0.2) is 0 Å². The van der Waals surface area contributed by atoms with Crippen LogP contribution >= 0.6 is 22.6 Å². The molecule has 0 amide bonds. The van der Waals surface area contributed by atoms with Crippen LogP contribution in [0.3, 0.4) is 0 Å². The van der Waals surface area contributed by atoms with Crippen LogP contribution in [0.15, 0.2) is 0 Å². The normalized spacial score (nSPS) is 11.3. The quantitative estimate of drug-likeness (QED) is 0.0405. The number of carbonyl (C=O) groups excluding carboxylic acids is 1. The van der Waals surface area contributed by atoms with Crippen molar-refractivity contribution in [1.29, 1.82) is 0 Å². The average Bonchev–Trinajstić information content (AvgIpc) is 2.96. The fourth-order valence-electron chi connectivity index (χ4n) is 3.28. The van der Waals surface area contributed by atoms with E-state index in [1.165, 1.54) is 23.7 Å². The van der Waals surface area contributed by atoms with Crippen LogP contribution in [0.4, 0.5) is 0 Å². The van der Waals surface area contributed by atoms with Crippen LogP contribution in [0.5, 0.6) is 0 Å². The van der Waals surface area contributed by atoms with E-state index in [1.54, 1.807) is 0 Å². The van der Waals surface area contributed by atoms with E-state index in [2.05, 4.69) is 29.5 Å². The second-order valence-electron chi connectivity index (χ2n) is 9.03. The Morgan fingerprint density at radius 2 is 0.775 bits per heavy atom. The predicted octanol–water partition coefficient (Wildman–Crippen LogP) is 4.63. The molecule has 10 nitrogen and oxygen atoms in total. The van der Waals surface area contributed by atoms with Gasteiger partial charge in [0.1, 0.15) is 6.61 Å². The number of hydrogen-bond donors (Lipinski definition) is 0. The Kier molecular flexibility index (Phi) is 36.8. The molecule has 0 rings (SSSR count). The van der Waals surface area contributed by atoms with E-state index in [0.717, 1.165) is 38.7 Å². The highest BCUT2D eigenvalue weighted by atomic mass is 127. The zero-order valence-electron chi connectivity index (χ0n) is 25.1. The average molecular weight is 693 g/mol. The molecule has 0 aromatic heterocycles. The van der Waals surface area contributed by atoms with Gasteiger partial charge in [-0.05, 0) is 23.7 Å². The Balaban J connectivity index is 3.07. The van der Waals surface area contributed by atoms with Crippen LogP contribution in [0, 0.1) is 0 Å². The van der Waals surface area contributed by atoms with Crippen LogP contribution in [0.25, 0.3) is 0 Å². The molecule has 0 radical (unpaired) electrons. The molecule has 11 heteroatoms. The highest BCUT2D eigenvalue weighted by molar-refractivity contribution is 14.1. The summed E-state index contributed by atoms with van der Waals surface area (Å²) in [4.78, 5) is 11.5. The third-order valence-corrected chi connectivity index (χ3v) is 6.26. The summed E-state index contributed by atoms with van der Waals surface area (Å²) in [6, 6.07) is 0. The van der Waals surface area contributed by atoms with E-state index in [0.29, 0.717) is 112 Å². The fourth-order valence-corrected chi connectivity index (χ4v) is 3.82. The lowest BCUT2D eigenvalue weighted by Gasteiger charge is -2.09. The lowest BCUT2D eigenvalue weighted by atomic mass is 10.2. The fraction of sp³-hybridized carbons (Fsp3) is 0.966. The molecule has 0 unspecified atom stereocenters. The largest absolute Gasteiger partial charge is 0.463 e. The van der Waals surface area contributed by atoms with Gasteiger partial charge in [-0.3, -0.25) is 4.79 Å². The zero-order valence-corrected chi connectivity index (χ0v) is 27.2. The van der Waals surface area contributed by atoms with Crippen molar-refractivity contribution in [2.24, 2.45) is 0 Å². The number of carbonyl (C=O) groups is 1. The van der Waals surface area contributed by atoms with Crippen LogP contribution in [-0.2, 0) is 47.4 Å². The van der Waals surface area contributed by atoms with E-state index in [-0.39, 0.29) is 5.97 Å². The molecule has 0 aliphatic heterocycles. The van der Waals surface area contributed by atoms with Crippen LogP contribution < -0.4 is 0 Å². The van der Waals surface area contributed by atoms with Gasteiger partial charge in [-0.2, -0.15) is 0 Å². The molecule has 0 atom stereocenters. The van der Waals surface area contributed by atoms with Crippen LogP contribution in [0.2, 0.25) is 0 Å². The van der Waals surface area contributed by atoms with Gasteiger partial charge >= 0.3 is 5.97 Å². The van der Waals surface area contributed by atoms with E-state index < -0.39 is 0 Å². The van der Waals surface area contributed by atoms with Crippen molar-refractivity contribution in [3.8, 4) is 0 Å². The molecule has 0 saturated heterocycles. The smallest absolute Gasteiger partial charge is 0.305 e. The molecule has 240 valence electrons. The molecule has 0 fully saturated rings. The lowest BCUT2D eigenvalue weighted by molar-refractivity contribution is -0.145. The lowest BCUT2D eigenvalue weighted by Crippen LogP contribution is -2.15. The summed E-state index contributed by atoms with van der Waals surface area (Å²) in [7, 11) is 0. The minimum atomic E-state index is -0.146. The number of ether oxygens (including phenoxy) is 9. The summed E-state index contributed by atoms with van der Waals surface area (Å²) in [6.07, 6.45) is 9.77. The van der Waals surface area contributed by atoms with E-state index >= 15 is 0 Å². The number of hydrogen-bond acceptors (Lipinski definition) is 10. The van der Waals surface area contributed by atoms with Crippen LogP contribution in [0.1, 0.15) is 64.7 Å². The first-order chi connectivity index (χ1) is 19.8. The van der Waals surface area contributed by atoms with Crippen molar-refractivity contribution in [1.82, 2.24) is 0 Å². The second-order valence-corrected chi connectivity index (χ2v) is 10.1. The molecule has 0 aromatic rings. The van der Waals surface area contributed by atoms with Gasteiger partial charge in [0.05, 0.1) is 99.1 Å². The highest BCUT2D eigenvalue weighted by Gasteiger charge is 2.02. The molecule has 0 N–H and O–H groups in total. The number of esters is 1. The van der Waals surface area contributed by atoms with Crippen molar-refractivity contribution in [2.75, 3.05) is 117 Å². The minimum Gasteiger partial charge on any atom is -0.463 e. The van der Waals surface area contributed by atoms with Gasteiger partial charge < -0.3 is 42.6 Å². The Morgan fingerprint density at radius 1 is 0.425 bits per heavy atom. The maximum absolute atomic E-state index is 11.5. The molecule has 0 aliphatic rings. The number of halogens is 1. The maximum atomic E-state index is 11.5. The molecule has 0 saturated carbocycles. The first-order valence-corrected chi connectivity index (χ1v) is 16.7. The molecule has 0 heterocycles. The van der Waals surface area contributed by atoms with Gasteiger partial charge in [0, 0.05) is 13.0 Å². The first-order valence-electron chi connectivity index (χ1n) is 15.1. The molecule has 0 aliphatic carbocycles. The predicted molar refractivity (Wildman–Crippen MR) is 164 cm³/mol. The van der Waals surface area contributed by atoms with Crippen molar-refractivity contribution in [2.45, 2.75) is 64.7 Å². The van der Waals surface area contributed by atoms with Gasteiger partial charge in [-0.25, -0.2) is 0 Å². The molecule has 0 spiro atoms. The SMILES string of the molecule is CCCCCCC(=O)OCCOCCOCCOCCOCCOCCOCCOCCOCCCCCCI. The molecule has 0 aromatic carbocycles. The summed E-state index contributed by atoms with van der Waals surface area (Å²) in [5, 5.41) is 0. The topological polar surface area (TPSA) is 100 Å². The minimum absolute atomic E-state index is 0.146. The molecular formula is C29H57IO10. The van der Waals surface area contributed by atoms with Gasteiger partial charge in [-0.15, -0.1) is 0 Å². The monoisotopic (exact) mass is 692 g/mol. The Bertz CT molecular complexity index is 488. The summed E-state index contributed by atoms with van der Waals surface area (Å²) >= 11 is 2.42. The van der Waals surface area contributed by atoms with Crippen molar-refractivity contribution in [3.63, 3.8) is 0 Å². The van der Waals surface area contributed by atoms with E-state index in [4.69, 9.17) is 42.6 Å². The Morgan fingerprint density at radius 3 is 1.18 bits per heavy atom. The standard InChI is InChI=1S/C29H57IO10/c1-2-3-4-7-10-29(31)40-28-27-39-26-25-38-24-23-37-22-21-36-20-19-35-18-17-34-16-15-33-14-13-32-12-9-6-5-8-11-30/h2-28H2,1H3. The number of alkyl halides is 1. The van der Waals surface area contributed by atoms with E-state index in [1.807, 2.05) is 0 Å². The van der Waals surface area contributed by atoms with Crippen molar-refractivity contribution in [3.05, 3.63) is 0 Å². The molecular weight excluding hydrogens is 635 g/mol. The Hall–Kier alpha value is -0.120. The zero-order chi connectivity index (χ0) is 29.0.